The predicted octanol–water partition coefficient (Wildman–Crippen LogP) is 4.73. The first-order valence-electron chi connectivity index (χ1n) is 16.3. The maximum atomic E-state index is 13.6. The van der Waals surface area contributed by atoms with E-state index in [4.69, 9.17) is 18.9 Å². The molecule has 1 fully saturated rings. The van der Waals surface area contributed by atoms with Gasteiger partial charge < -0.3 is 23.5 Å². The van der Waals surface area contributed by atoms with Crippen LogP contribution in [0.5, 0.6) is 0 Å². The lowest BCUT2D eigenvalue weighted by molar-refractivity contribution is -0.123. The van der Waals surface area contributed by atoms with Crippen LogP contribution in [0, 0.1) is 5.41 Å². The van der Waals surface area contributed by atoms with Gasteiger partial charge in [-0.25, -0.2) is 14.4 Å². The van der Waals surface area contributed by atoms with Gasteiger partial charge in [-0.3, -0.25) is 24.7 Å². The van der Waals surface area contributed by atoms with E-state index in [9.17, 15) is 28.8 Å². The zero-order chi connectivity index (χ0) is 37.0. The van der Waals surface area contributed by atoms with Gasteiger partial charge >= 0.3 is 17.9 Å². The molecule has 5 aromatic rings. The van der Waals surface area contributed by atoms with Crippen molar-refractivity contribution in [3.05, 3.63) is 130 Å². The van der Waals surface area contributed by atoms with E-state index in [1.807, 2.05) is 0 Å². The van der Waals surface area contributed by atoms with Crippen LogP contribution < -0.4 is 10.9 Å². The highest BCUT2D eigenvalue weighted by Gasteiger charge is 2.52. The van der Waals surface area contributed by atoms with Crippen molar-refractivity contribution in [2.24, 2.45) is 5.41 Å². The first-order chi connectivity index (χ1) is 24.9. The second-order valence-corrected chi connectivity index (χ2v) is 12.9. The Morgan fingerprint density at radius 3 is 1.87 bits per heavy atom. The minimum absolute atomic E-state index is 0.0917. The highest BCUT2D eigenvalue weighted by molar-refractivity contribution is 5.98. The van der Waals surface area contributed by atoms with Crippen LogP contribution in [-0.2, 0) is 23.7 Å². The summed E-state index contributed by atoms with van der Waals surface area (Å²) < 4.78 is 25.3. The largest absolute Gasteiger partial charge is 0.459 e. The van der Waals surface area contributed by atoms with Crippen molar-refractivity contribution in [3.8, 4) is 0 Å². The van der Waals surface area contributed by atoms with Crippen molar-refractivity contribution in [2.75, 3.05) is 11.9 Å². The second-order valence-electron chi connectivity index (χ2n) is 12.9. The number of rotatable bonds is 10. The molecule has 2 aromatic heterocycles. The van der Waals surface area contributed by atoms with E-state index < -0.39 is 65.9 Å². The molecule has 1 amide bonds. The van der Waals surface area contributed by atoms with Crippen LogP contribution >= 0.6 is 0 Å². The highest BCUT2D eigenvalue weighted by Crippen LogP contribution is 2.37. The molecular formula is C38H34N4O10. The molecule has 0 bridgehead atoms. The van der Waals surface area contributed by atoms with Gasteiger partial charge in [0, 0.05) is 17.2 Å². The number of aromatic amines is 1. The fraction of sp³-hybridized carbons (Fsp3) is 0.237. The first-order valence-corrected chi connectivity index (χ1v) is 16.3. The third-order valence-corrected chi connectivity index (χ3v) is 8.20. The molecule has 0 aliphatic carbocycles. The molecule has 14 heteroatoms. The zero-order valence-electron chi connectivity index (χ0n) is 28.3. The van der Waals surface area contributed by atoms with Gasteiger partial charge in [0.25, 0.3) is 5.56 Å². The molecule has 1 aliphatic heterocycles. The summed E-state index contributed by atoms with van der Waals surface area (Å²) in [4.78, 5) is 85.5. The van der Waals surface area contributed by atoms with Crippen molar-refractivity contribution in [3.63, 3.8) is 0 Å². The van der Waals surface area contributed by atoms with Gasteiger partial charge in [-0.15, -0.1) is 0 Å². The summed E-state index contributed by atoms with van der Waals surface area (Å²) in [5.41, 5.74) is -1.20. The Bertz CT molecular complexity index is 2180. The number of nitrogens with one attached hydrogen (secondary N) is 2. The number of carbonyl (C=O) groups excluding carboxylic acids is 5. The minimum Gasteiger partial charge on any atom is -0.459 e. The molecule has 2 N–H and O–H groups in total. The Morgan fingerprint density at radius 1 is 0.827 bits per heavy atom. The number of nitrogens with zero attached hydrogens (tertiary/aromatic N) is 2. The number of aldehydes is 1. The molecule has 1 saturated heterocycles. The number of hydrogen-bond acceptors (Lipinski definition) is 11. The van der Waals surface area contributed by atoms with Crippen LogP contribution in [-0.4, -0.2) is 69.6 Å². The van der Waals surface area contributed by atoms with Crippen molar-refractivity contribution in [1.29, 1.82) is 0 Å². The molecule has 0 radical (unpaired) electrons. The summed E-state index contributed by atoms with van der Waals surface area (Å²) in [6.45, 7) is 4.56. The molecule has 0 spiro atoms. The van der Waals surface area contributed by atoms with Crippen LogP contribution in [0.4, 0.5) is 5.95 Å². The number of anilines is 1. The number of esters is 3. The average Bonchev–Trinajstić information content (AvgIpc) is 3.68. The van der Waals surface area contributed by atoms with E-state index in [2.05, 4.69) is 15.3 Å². The fourth-order valence-electron chi connectivity index (χ4n) is 5.50. The van der Waals surface area contributed by atoms with Crippen LogP contribution in [0.1, 0.15) is 68.4 Å². The third kappa shape index (κ3) is 7.51. The first kappa shape index (κ1) is 35.4. The Labute approximate surface area is 296 Å². The Kier molecular flexibility index (Phi) is 10.1. The number of amides is 1. The topological polar surface area (TPSA) is 185 Å². The number of benzene rings is 3. The predicted molar refractivity (Wildman–Crippen MR) is 186 cm³/mol. The van der Waals surface area contributed by atoms with Crippen LogP contribution in [0.3, 0.4) is 0 Å². The molecule has 0 saturated carbocycles. The van der Waals surface area contributed by atoms with E-state index >= 15 is 0 Å². The Balaban J connectivity index is 1.45. The molecule has 4 atom stereocenters. The number of hydrogen-bond donors (Lipinski definition) is 2. The summed E-state index contributed by atoms with van der Waals surface area (Å²) in [7, 11) is 0. The van der Waals surface area contributed by atoms with Crippen molar-refractivity contribution < 1.29 is 42.9 Å². The lowest BCUT2D eigenvalue weighted by Crippen LogP contribution is -2.41. The minimum atomic E-state index is -1.45. The Morgan fingerprint density at radius 2 is 1.35 bits per heavy atom. The van der Waals surface area contributed by atoms with Crippen LogP contribution in [0.2, 0.25) is 0 Å². The van der Waals surface area contributed by atoms with E-state index in [1.165, 1.54) is 35.0 Å². The number of carbonyl (C=O) groups is 5. The second kappa shape index (κ2) is 14.8. The lowest BCUT2D eigenvalue weighted by atomic mass is 9.96. The van der Waals surface area contributed by atoms with Gasteiger partial charge in [-0.2, -0.15) is 4.98 Å². The monoisotopic (exact) mass is 706 g/mol. The normalized spacial score (nSPS) is 18.4. The molecule has 3 aromatic carbocycles. The van der Waals surface area contributed by atoms with E-state index in [1.54, 1.807) is 87.5 Å². The van der Waals surface area contributed by atoms with Crippen LogP contribution in [0.15, 0.2) is 102 Å². The summed E-state index contributed by atoms with van der Waals surface area (Å²) in [5.74, 6) is -2.96. The summed E-state index contributed by atoms with van der Waals surface area (Å²) >= 11 is 0. The summed E-state index contributed by atoms with van der Waals surface area (Å²) in [5, 5.41) is 2.43. The number of ether oxygens (including phenoxy) is 4. The third-order valence-electron chi connectivity index (χ3n) is 8.20. The van der Waals surface area contributed by atoms with E-state index in [-0.39, 0.29) is 39.2 Å². The SMILES string of the molecule is CC(C)(C)C(=O)Nc1nc2c(c(C=O)cn2[C@@H]2O[C@H](COC(=O)c3ccccc3)[C@@H](OC(=O)c3ccccc3)[C@H]2OC(=O)c2ccccc2)c(=O)[nH]1. The molecule has 6 rings (SSSR count). The molecule has 1 aliphatic rings. The van der Waals surface area contributed by atoms with Crippen molar-refractivity contribution in [2.45, 2.75) is 45.3 Å². The zero-order valence-corrected chi connectivity index (χ0v) is 28.3. The van der Waals surface area contributed by atoms with E-state index in [0.717, 1.165) is 0 Å². The standard InChI is InChI=1S/C38H34N4O10/c1-38(2,3)36(48)41-37-39-30-27(31(44)40-37)25(20-43)19-42(30)32-29(52-35(47)24-17-11-6-12-18-24)28(51-34(46)23-15-9-5-10-16-23)26(50-32)21-49-33(45)22-13-7-4-8-14-22/h4-20,26,28-29,32H,21H2,1-3H3,(H2,39,40,41,44,48)/t26-,28-,29-,32-/m1/s1. The Hall–Kier alpha value is -6.41. The van der Waals surface area contributed by atoms with Crippen LogP contribution in [0.25, 0.3) is 11.0 Å². The number of H-pyrrole nitrogens is 1. The van der Waals surface area contributed by atoms with Gasteiger partial charge in [0.1, 0.15) is 12.7 Å². The van der Waals surface area contributed by atoms with Crippen molar-refractivity contribution in [1.82, 2.24) is 14.5 Å². The van der Waals surface area contributed by atoms with Gasteiger partial charge in [0.15, 0.2) is 30.4 Å². The summed E-state index contributed by atoms with van der Waals surface area (Å²) in [6.07, 6.45) is -3.78. The molecule has 0 unspecified atom stereocenters. The average molecular weight is 707 g/mol. The maximum Gasteiger partial charge on any atom is 0.338 e. The van der Waals surface area contributed by atoms with Gasteiger partial charge in [-0.1, -0.05) is 75.4 Å². The summed E-state index contributed by atoms with van der Waals surface area (Å²) in [6, 6.07) is 24.3. The molecular weight excluding hydrogens is 672 g/mol. The van der Waals surface area contributed by atoms with Gasteiger partial charge in [-0.05, 0) is 36.4 Å². The van der Waals surface area contributed by atoms with E-state index in [0.29, 0.717) is 6.29 Å². The number of aromatic nitrogens is 3. The molecule has 3 heterocycles. The van der Waals surface area contributed by atoms with Gasteiger partial charge in [0.05, 0.1) is 22.1 Å². The van der Waals surface area contributed by atoms with Crippen molar-refractivity contribution >= 4 is 47.1 Å². The molecule has 266 valence electrons. The van der Waals surface area contributed by atoms with Gasteiger partial charge in [0.2, 0.25) is 11.9 Å². The molecule has 14 nitrogen and oxygen atoms in total. The maximum absolute atomic E-state index is 13.6. The smallest absolute Gasteiger partial charge is 0.338 e. The fourth-order valence-corrected chi connectivity index (χ4v) is 5.50. The number of fused-ring (bicyclic) bond motifs is 1. The quantitative estimate of drug-likeness (QED) is 0.116. The lowest BCUT2D eigenvalue weighted by Gasteiger charge is -2.25. The highest BCUT2D eigenvalue weighted by atomic mass is 16.7. The molecule has 52 heavy (non-hydrogen) atoms.